The van der Waals surface area contributed by atoms with Gasteiger partial charge < -0.3 is 9.32 Å². The van der Waals surface area contributed by atoms with Crippen molar-refractivity contribution >= 4 is 60.5 Å². The summed E-state index contributed by atoms with van der Waals surface area (Å²) in [5, 5.41) is 7.09. The molecule has 0 radical (unpaired) electrons. The van der Waals surface area contributed by atoms with Crippen LogP contribution < -0.4 is 4.90 Å². The molecule has 1 heterocycles. The third kappa shape index (κ3) is 5.79. The summed E-state index contributed by atoms with van der Waals surface area (Å²) in [6.45, 7) is 6.80. The number of hydrogen-bond donors (Lipinski definition) is 0. The van der Waals surface area contributed by atoms with Crippen LogP contribution in [0.2, 0.25) is 0 Å². The number of hydrogen-bond acceptors (Lipinski definition) is 2. The predicted molar refractivity (Wildman–Crippen MR) is 265 cm³/mol. The quantitative estimate of drug-likeness (QED) is 0.156. The Kier molecular flexibility index (Phi) is 8.36. The number of fused-ring (bicyclic) bond motifs is 9. The average Bonchev–Trinajstić information content (AvgIpc) is 3.85. The molecule has 300 valence electrons. The number of rotatable bonds is 6. The van der Waals surface area contributed by atoms with E-state index in [9.17, 15) is 0 Å². The van der Waals surface area contributed by atoms with Crippen LogP contribution in [0.4, 0.5) is 17.1 Å². The highest BCUT2D eigenvalue weighted by atomic mass is 16.3. The highest BCUT2D eigenvalue weighted by Crippen LogP contribution is 2.56. The molecule has 0 unspecified atom stereocenters. The maximum atomic E-state index is 6.52. The minimum Gasteiger partial charge on any atom is -0.456 e. The molecule has 1 aromatic heterocycles. The molecular weight excluding hydrogens is 763 g/mol. The normalized spacial score (nSPS) is 13.1. The van der Waals surface area contributed by atoms with Crippen LogP contribution >= 0.6 is 0 Å². The predicted octanol–water partition coefficient (Wildman–Crippen LogP) is 16.7. The molecule has 12 rings (SSSR count). The standard InChI is InChI=1S/C61H45NO/c1-60(2,3)43-28-24-40(25-29-43)41-26-30-44(31-27-41)61(55-21-11-8-17-50(55)51-18-9-12-22-56(51)61)45-32-34-46(35-33-45)62(47-36-37-54-53-20-10-13-23-58(53)63-59(54)39-47)57-38-42-14-4-5-15-48(42)49-16-6-7-19-52(49)57/h4-39H,1-3H3. The van der Waals surface area contributed by atoms with Crippen molar-refractivity contribution in [1.82, 2.24) is 0 Å². The maximum Gasteiger partial charge on any atom is 0.137 e. The first-order valence-corrected chi connectivity index (χ1v) is 22.0. The second-order valence-corrected chi connectivity index (χ2v) is 18.1. The van der Waals surface area contributed by atoms with Crippen molar-refractivity contribution in [3.63, 3.8) is 0 Å². The molecule has 0 fully saturated rings. The smallest absolute Gasteiger partial charge is 0.137 e. The highest BCUT2D eigenvalue weighted by molar-refractivity contribution is 6.15. The van der Waals surface area contributed by atoms with Crippen molar-refractivity contribution in [2.24, 2.45) is 0 Å². The van der Waals surface area contributed by atoms with Gasteiger partial charge in [0.25, 0.3) is 0 Å². The molecule has 10 aromatic carbocycles. The van der Waals surface area contributed by atoms with Crippen molar-refractivity contribution < 1.29 is 4.42 Å². The van der Waals surface area contributed by atoms with E-state index >= 15 is 0 Å². The summed E-state index contributed by atoms with van der Waals surface area (Å²) in [6, 6.07) is 80.5. The molecule has 2 nitrogen and oxygen atoms in total. The Balaban J connectivity index is 1.05. The molecule has 0 amide bonds. The summed E-state index contributed by atoms with van der Waals surface area (Å²) in [5.74, 6) is 0. The summed E-state index contributed by atoms with van der Waals surface area (Å²) in [6.07, 6.45) is 0. The van der Waals surface area contributed by atoms with Crippen molar-refractivity contribution in [2.75, 3.05) is 4.90 Å². The zero-order chi connectivity index (χ0) is 42.3. The first-order valence-electron chi connectivity index (χ1n) is 22.0. The average molecular weight is 808 g/mol. The van der Waals surface area contributed by atoms with Crippen LogP contribution in [0.3, 0.4) is 0 Å². The number of para-hydroxylation sites is 1. The Hall–Kier alpha value is -7.68. The SMILES string of the molecule is CC(C)(C)c1ccc(-c2ccc(C3(c4ccc(N(c5ccc6c(c5)oc5ccccc56)c5cc6ccccc6c6ccccc56)cc4)c4ccccc4-c4ccccc43)cc2)cc1. The van der Waals surface area contributed by atoms with Gasteiger partial charge in [0.1, 0.15) is 11.2 Å². The van der Waals surface area contributed by atoms with Gasteiger partial charge in [0.15, 0.2) is 0 Å². The monoisotopic (exact) mass is 807 g/mol. The summed E-state index contributed by atoms with van der Waals surface area (Å²) in [7, 11) is 0. The fourth-order valence-electron chi connectivity index (χ4n) is 10.5. The first kappa shape index (κ1) is 37.1. The molecule has 2 heteroatoms. The van der Waals surface area contributed by atoms with Gasteiger partial charge in [-0.3, -0.25) is 0 Å². The van der Waals surface area contributed by atoms with Gasteiger partial charge in [-0.2, -0.15) is 0 Å². The van der Waals surface area contributed by atoms with Crippen molar-refractivity contribution in [3.8, 4) is 22.3 Å². The molecule has 0 bridgehead atoms. The van der Waals surface area contributed by atoms with E-state index in [1.165, 1.54) is 71.6 Å². The maximum absolute atomic E-state index is 6.52. The lowest BCUT2D eigenvalue weighted by molar-refractivity contribution is 0.590. The van der Waals surface area contributed by atoms with Gasteiger partial charge >= 0.3 is 0 Å². The van der Waals surface area contributed by atoms with E-state index < -0.39 is 5.41 Å². The number of nitrogens with zero attached hydrogens (tertiary/aromatic N) is 1. The molecule has 63 heavy (non-hydrogen) atoms. The number of benzene rings is 10. The van der Waals surface area contributed by atoms with Gasteiger partial charge in [-0.15, -0.1) is 0 Å². The fraction of sp³-hybridized carbons (Fsp3) is 0.0820. The molecule has 0 saturated carbocycles. The molecule has 1 aliphatic rings. The summed E-state index contributed by atoms with van der Waals surface area (Å²) >= 11 is 0. The lowest BCUT2D eigenvalue weighted by Crippen LogP contribution is -2.28. The number of furan rings is 1. The minimum atomic E-state index is -0.534. The van der Waals surface area contributed by atoms with Crippen LogP contribution in [0.5, 0.6) is 0 Å². The van der Waals surface area contributed by atoms with Gasteiger partial charge in [0.05, 0.1) is 11.1 Å². The number of anilines is 3. The summed E-state index contributed by atoms with van der Waals surface area (Å²) < 4.78 is 6.52. The van der Waals surface area contributed by atoms with Crippen molar-refractivity contribution in [3.05, 3.63) is 246 Å². The topological polar surface area (TPSA) is 16.4 Å². The largest absolute Gasteiger partial charge is 0.456 e. The lowest BCUT2D eigenvalue weighted by Gasteiger charge is -2.35. The van der Waals surface area contributed by atoms with Crippen LogP contribution in [-0.4, -0.2) is 0 Å². The molecule has 11 aromatic rings. The molecule has 1 aliphatic carbocycles. The summed E-state index contributed by atoms with van der Waals surface area (Å²) in [4.78, 5) is 2.41. The van der Waals surface area contributed by atoms with Crippen LogP contribution in [0.1, 0.15) is 48.6 Å². The lowest BCUT2D eigenvalue weighted by atomic mass is 9.67. The molecule has 0 spiro atoms. The van der Waals surface area contributed by atoms with Gasteiger partial charge in [0, 0.05) is 33.6 Å². The van der Waals surface area contributed by atoms with E-state index in [1.54, 1.807) is 0 Å². The van der Waals surface area contributed by atoms with E-state index in [1.807, 2.05) is 6.07 Å². The second-order valence-electron chi connectivity index (χ2n) is 18.1. The van der Waals surface area contributed by atoms with Crippen LogP contribution in [0, 0.1) is 0 Å². The van der Waals surface area contributed by atoms with Gasteiger partial charge in [-0.1, -0.05) is 197 Å². The summed E-state index contributed by atoms with van der Waals surface area (Å²) in [5.41, 5.74) is 16.0. The van der Waals surface area contributed by atoms with E-state index in [4.69, 9.17) is 4.42 Å². The zero-order valence-corrected chi connectivity index (χ0v) is 35.6. The third-order valence-corrected chi connectivity index (χ3v) is 13.5. The van der Waals surface area contributed by atoms with Crippen LogP contribution in [-0.2, 0) is 10.8 Å². The van der Waals surface area contributed by atoms with Crippen LogP contribution in [0.15, 0.2) is 223 Å². The molecule has 0 aliphatic heterocycles. The Bertz CT molecular complexity index is 3490. The van der Waals surface area contributed by atoms with Crippen LogP contribution in [0.25, 0.3) is 65.7 Å². The second kappa shape index (κ2) is 14.2. The minimum absolute atomic E-state index is 0.107. The Morgan fingerprint density at radius 2 is 0.905 bits per heavy atom. The van der Waals surface area contributed by atoms with E-state index in [0.29, 0.717) is 0 Å². The van der Waals surface area contributed by atoms with Gasteiger partial charge in [-0.05, 0) is 108 Å². The first-order chi connectivity index (χ1) is 30.9. The van der Waals surface area contributed by atoms with Gasteiger partial charge in [0.2, 0.25) is 0 Å². The zero-order valence-electron chi connectivity index (χ0n) is 35.6. The van der Waals surface area contributed by atoms with Crippen molar-refractivity contribution in [2.45, 2.75) is 31.6 Å². The highest BCUT2D eigenvalue weighted by Gasteiger charge is 2.46. The van der Waals surface area contributed by atoms with E-state index in [2.05, 4.69) is 238 Å². The van der Waals surface area contributed by atoms with Crippen molar-refractivity contribution in [1.29, 1.82) is 0 Å². The van der Waals surface area contributed by atoms with E-state index in [0.717, 1.165) is 39.0 Å². The Morgan fingerprint density at radius 1 is 0.397 bits per heavy atom. The molecular formula is C61H45NO. The fourth-order valence-corrected chi connectivity index (χ4v) is 10.5. The Labute approximate surface area is 368 Å². The Morgan fingerprint density at radius 3 is 1.57 bits per heavy atom. The third-order valence-electron chi connectivity index (χ3n) is 13.5. The molecule has 0 N–H and O–H groups in total. The van der Waals surface area contributed by atoms with E-state index in [-0.39, 0.29) is 5.41 Å². The van der Waals surface area contributed by atoms with Gasteiger partial charge in [-0.25, -0.2) is 0 Å². The molecule has 0 saturated heterocycles. The molecule has 0 atom stereocenters.